The second kappa shape index (κ2) is 6.86. The Kier molecular flexibility index (Phi) is 4.64. The molecule has 0 atom stereocenters. The number of benzene rings is 1. The van der Waals surface area contributed by atoms with E-state index in [4.69, 9.17) is 22.1 Å². The second-order valence-corrected chi connectivity index (χ2v) is 5.69. The molecule has 0 fully saturated rings. The van der Waals surface area contributed by atoms with Crippen LogP contribution in [-0.2, 0) is 11.3 Å². The maximum absolute atomic E-state index is 6.17. The van der Waals surface area contributed by atoms with Crippen LogP contribution in [0.25, 0.3) is 11.4 Å². The molecule has 124 valence electrons. The summed E-state index contributed by atoms with van der Waals surface area (Å²) in [5.41, 5.74) is 8.96. The van der Waals surface area contributed by atoms with Crippen molar-refractivity contribution in [2.24, 2.45) is 0 Å². The van der Waals surface area contributed by atoms with Gasteiger partial charge in [-0.05, 0) is 31.2 Å². The smallest absolute Gasteiger partial charge is 0.162 e. The molecule has 1 aromatic carbocycles. The van der Waals surface area contributed by atoms with Gasteiger partial charge in [-0.25, -0.2) is 9.97 Å². The van der Waals surface area contributed by atoms with Crippen molar-refractivity contribution in [3.8, 4) is 11.4 Å². The van der Waals surface area contributed by atoms with Gasteiger partial charge in [0, 0.05) is 29.5 Å². The first-order valence-electron chi connectivity index (χ1n) is 7.27. The molecule has 0 aliphatic carbocycles. The third kappa shape index (κ3) is 3.47. The minimum Gasteiger partial charge on any atom is -0.394 e. The lowest BCUT2D eigenvalue weighted by Gasteiger charge is -2.12. The predicted octanol–water partition coefficient (Wildman–Crippen LogP) is 3.30. The van der Waals surface area contributed by atoms with Crippen molar-refractivity contribution < 1.29 is 4.74 Å². The first kappa shape index (κ1) is 16.2. The number of aryl methyl sites for hydroxylation is 1. The number of hydrogen-bond acceptors (Lipinski definition) is 6. The molecule has 2 heterocycles. The van der Waals surface area contributed by atoms with Crippen molar-refractivity contribution in [1.82, 2.24) is 20.2 Å². The number of nitrogens with two attached hydrogens (primary N) is 1. The highest BCUT2D eigenvalue weighted by molar-refractivity contribution is 6.30. The average Bonchev–Trinajstić information content (AvgIpc) is 2.97. The Morgan fingerprint density at radius 3 is 2.62 bits per heavy atom. The van der Waals surface area contributed by atoms with Gasteiger partial charge in [0.1, 0.15) is 0 Å². The standard InChI is InChI=1S/C16H17ClN6O/c1-9-7-13(23-22-9)20-16-14(18)12(8-24-2)19-15(21-16)10-3-5-11(17)6-4-10/h3-7H,8,18H2,1-2H3,(H2,19,20,21,22,23). The highest BCUT2D eigenvalue weighted by Crippen LogP contribution is 2.27. The number of nitrogens with one attached hydrogen (secondary N) is 2. The zero-order valence-corrected chi connectivity index (χ0v) is 14.1. The highest BCUT2D eigenvalue weighted by Gasteiger charge is 2.14. The molecule has 0 bridgehead atoms. The minimum absolute atomic E-state index is 0.281. The molecule has 4 N–H and O–H groups in total. The second-order valence-electron chi connectivity index (χ2n) is 5.26. The predicted molar refractivity (Wildman–Crippen MR) is 94.2 cm³/mol. The van der Waals surface area contributed by atoms with E-state index >= 15 is 0 Å². The molecular formula is C16H17ClN6O. The molecule has 0 amide bonds. The van der Waals surface area contributed by atoms with Crippen LogP contribution in [-0.4, -0.2) is 27.3 Å². The molecule has 0 aliphatic rings. The summed E-state index contributed by atoms with van der Waals surface area (Å²) in [6.45, 7) is 2.19. The molecule has 0 spiro atoms. The fourth-order valence-corrected chi connectivity index (χ4v) is 2.32. The van der Waals surface area contributed by atoms with Gasteiger partial charge < -0.3 is 15.8 Å². The number of nitrogen functional groups attached to an aromatic ring is 1. The Bertz CT molecular complexity index is 846. The number of methoxy groups -OCH3 is 1. The van der Waals surface area contributed by atoms with Crippen LogP contribution >= 0.6 is 11.6 Å². The van der Waals surface area contributed by atoms with E-state index in [1.807, 2.05) is 25.1 Å². The fraction of sp³-hybridized carbons (Fsp3) is 0.188. The Balaban J connectivity index is 2.04. The van der Waals surface area contributed by atoms with Gasteiger partial charge in [0.25, 0.3) is 0 Å². The number of rotatable bonds is 5. The summed E-state index contributed by atoms with van der Waals surface area (Å²) in [6, 6.07) is 9.15. The molecule has 7 nitrogen and oxygen atoms in total. The fourth-order valence-electron chi connectivity index (χ4n) is 2.19. The monoisotopic (exact) mass is 344 g/mol. The van der Waals surface area contributed by atoms with Gasteiger partial charge in [-0.15, -0.1) is 0 Å². The summed E-state index contributed by atoms with van der Waals surface area (Å²) >= 11 is 5.94. The summed E-state index contributed by atoms with van der Waals surface area (Å²) in [7, 11) is 1.59. The van der Waals surface area contributed by atoms with E-state index < -0.39 is 0 Å². The third-order valence-corrected chi connectivity index (χ3v) is 3.61. The van der Waals surface area contributed by atoms with Crippen LogP contribution in [0.15, 0.2) is 30.3 Å². The summed E-state index contributed by atoms with van der Waals surface area (Å²) in [6.07, 6.45) is 0. The zero-order chi connectivity index (χ0) is 17.1. The maximum atomic E-state index is 6.17. The maximum Gasteiger partial charge on any atom is 0.162 e. The molecular weight excluding hydrogens is 328 g/mol. The number of aromatic nitrogens is 4. The molecule has 0 saturated heterocycles. The Morgan fingerprint density at radius 2 is 2.00 bits per heavy atom. The molecule has 3 aromatic rings. The molecule has 8 heteroatoms. The van der Waals surface area contributed by atoms with Crippen LogP contribution in [0.1, 0.15) is 11.4 Å². The van der Waals surface area contributed by atoms with E-state index in [1.54, 1.807) is 19.2 Å². The van der Waals surface area contributed by atoms with Crippen molar-refractivity contribution in [1.29, 1.82) is 0 Å². The summed E-state index contributed by atoms with van der Waals surface area (Å²) in [5.74, 6) is 1.64. The van der Waals surface area contributed by atoms with E-state index in [0.29, 0.717) is 33.9 Å². The van der Waals surface area contributed by atoms with Crippen molar-refractivity contribution in [3.63, 3.8) is 0 Å². The van der Waals surface area contributed by atoms with Gasteiger partial charge >= 0.3 is 0 Å². The number of hydrogen-bond donors (Lipinski definition) is 3. The van der Waals surface area contributed by atoms with E-state index in [2.05, 4.69) is 25.5 Å². The third-order valence-electron chi connectivity index (χ3n) is 3.36. The number of halogens is 1. The minimum atomic E-state index is 0.281. The molecule has 0 unspecified atom stereocenters. The average molecular weight is 345 g/mol. The summed E-state index contributed by atoms with van der Waals surface area (Å²) in [4.78, 5) is 9.02. The van der Waals surface area contributed by atoms with Gasteiger partial charge in [0.2, 0.25) is 0 Å². The largest absolute Gasteiger partial charge is 0.394 e. The Morgan fingerprint density at radius 1 is 1.25 bits per heavy atom. The van der Waals surface area contributed by atoms with Gasteiger partial charge in [-0.1, -0.05) is 11.6 Å². The van der Waals surface area contributed by atoms with Crippen LogP contribution in [0.2, 0.25) is 5.02 Å². The first-order valence-corrected chi connectivity index (χ1v) is 7.65. The molecule has 0 saturated carbocycles. The normalized spacial score (nSPS) is 10.8. The lowest BCUT2D eigenvalue weighted by molar-refractivity contribution is 0.182. The topological polar surface area (TPSA) is 102 Å². The molecule has 24 heavy (non-hydrogen) atoms. The Hall–Kier alpha value is -2.64. The van der Waals surface area contributed by atoms with Crippen molar-refractivity contribution >= 4 is 28.9 Å². The molecule has 3 rings (SSSR count). The van der Waals surface area contributed by atoms with Crippen molar-refractivity contribution in [2.45, 2.75) is 13.5 Å². The number of nitrogens with zero attached hydrogens (tertiary/aromatic N) is 3. The quantitative estimate of drug-likeness (QED) is 0.656. The van der Waals surface area contributed by atoms with Crippen LogP contribution in [0, 0.1) is 6.92 Å². The summed E-state index contributed by atoms with van der Waals surface area (Å²) in [5, 5.41) is 10.8. The van der Waals surface area contributed by atoms with Gasteiger partial charge in [-0.3, -0.25) is 5.10 Å². The zero-order valence-electron chi connectivity index (χ0n) is 13.3. The highest BCUT2D eigenvalue weighted by atomic mass is 35.5. The van der Waals surface area contributed by atoms with Crippen LogP contribution < -0.4 is 11.1 Å². The number of ether oxygens (including phenoxy) is 1. The van der Waals surface area contributed by atoms with Crippen molar-refractivity contribution in [2.75, 3.05) is 18.2 Å². The van der Waals surface area contributed by atoms with Crippen LogP contribution in [0.4, 0.5) is 17.3 Å². The number of aromatic amines is 1. The van der Waals surface area contributed by atoms with E-state index in [1.165, 1.54) is 0 Å². The molecule has 0 radical (unpaired) electrons. The SMILES string of the molecule is COCc1nc(-c2ccc(Cl)cc2)nc(Nc2cc(C)[nH]n2)c1N. The van der Waals surface area contributed by atoms with Crippen LogP contribution in [0.3, 0.4) is 0 Å². The molecule has 2 aromatic heterocycles. The van der Waals surface area contributed by atoms with Gasteiger partial charge in [-0.2, -0.15) is 5.10 Å². The lowest BCUT2D eigenvalue weighted by atomic mass is 10.2. The Labute approximate surface area is 144 Å². The first-order chi connectivity index (χ1) is 11.6. The van der Waals surface area contributed by atoms with Crippen LogP contribution in [0.5, 0.6) is 0 Å². The van der Waals surface area contributed by atoms with Gasteiger partial charge in [0.15, 0.2) is 17.5 Å². The van der Waals surface area contributed by atoms with E-state index in [9.17, 15) is 0 Å². The van der Waals surface area contributed by atoms with Gasteiger partial charge in [0.05, 0.1) is 18.0 Å². The number of H-pyrrole nitrogens is 1. The lowest BCUT2D eigenvalue weighted by Crippen LogP contribution is -2.08. The number of anilines is 3. The molecule has 0 aliphatic heterocycles. The summed E-state index contributed by atoms with van der Waals surface area (Å²) < 4.78 is 5.19. The van der Waals surface area contributed by atoms with Crippen molar-refractivity contribution in [3.05, 3.63) is 46.7 Å². The van der Waals surface area contributed by atoms with E-state index in [-0.39, 0.29) is 6.61 Å². The van der Waals surface area contributed by atoms with E-state index in [0.717, 1.165) is 11.3 Å².